The number of hydrogen-bond acceptors (Lipinski definition) is 5. The second-order valence-electron chi connectivity index (χ2n) is 12.1. The molecule has 0 saturated carbocycles. The Morgan fingerprint density at radius 2 is 1.65 bits per heavy atom. The number of hydrogen-bond donors (Lipinski definition) is 2. The average Bonchev–Trinajstić information content (AvgIpc) is 3.23. The van der Waals surface area contributed by atoms with Crippen molar-refractivity contribution in [1.29, 1.82) is 0 Å². The summed E-state index contributed by atoms with van der Waals surface area (Å²) in [6, 6.07) is 7.56. The summed E-state index contributed by atoms with van der Waals surface area (Å²) in [5.74, 6) is -4.35. The highest BCUT2D eigenvalue weighted by Gasteiger charge is 2.57. The Morgan fingerprint density at radius 3 is 2.24 bits per heavy atom. The summed E-state index contributed by atoms with van der Waals surface area (Å²) < 4.78 is 87.7. The van der Waals surface area contributed by atoms with Crippen LogP contribution in [0.4, 0.5) is 32.0 Å². The fourth-order valence-corrected chi connectivity index (χ4v) is 7.18. The van der Waals surface area contributed by atoms with Crippen LogP contribution in [-0.2, 0) is 26.6 Å². The molecule has 2 fully saturated rings. The van der Waals surface area contributed by atoms with Crippen LogP contribution in [0.1, 0.15) is 69.1 Å². The van der Waals surface area contributed by atoms with Gasteiger partial charge in [0.2, 0.25) is 11.8 Å². The second-order valence-corrected chi connectivity index (χ2v) is 12.1. The normalized spacial score (nSPS) is 24.1. The fraction of sp³-hybridized carbons (Fsp3) is 0.455. The summed E-state index contributed by atoms with van der Waals surface area (Å²) in [7, 11) is -1.29. The number of imide groups is 1. The van der Waals surface area contributed by atoms with Gasteiger partial charge in [-0.2, -0.15) is 26.3 Å². The van der Waals surface area contributed by atoms with Crippen molar-refractivity contribution in [2.45, 2.75) is 77.1 Å². The summed E-state index contributed by atoms with van der Waals surface area (Å²) in [6.45, 7) is 3.90. The maximum atomic E-state index is 13.9. The van der Waals surface area contributed by atoms with E-state index in [1.807, 2.05) is 26.0 Å². The van der Waals surface area contributed by atoms with Crippen LogP contribution < -0.4 is 4.90 Å². The number of phenolic OH excluding ortho intramolecular Hbond substituents is 1. The van der Waals surface area contributed by atoms with Crippen LogP contribution in [0.25, 0.3) is 6.08 Å². The van der Waals surface area contributed by atoms with Crippen molar-refractivity contribution < 1.29 is 50.7 Å². The number of fused-ring (bicyclic) bond motifs is 3. The quantitative estimate of drug-likeness (QED) is 0.132. The Bertz CT molecular complexity index is 1540. The third kappa shape index (κ3) is 6.76. The molecule has 3 aliphatic rings. The highest BCUT2D eigenvalue weighted by Crippen LogP contribution is 2.52. The molecule has 1 aliphatic carbocycles. The number of anilines is 1. The first kappa shape index (κ1) is 33.8. The Kier molecular flexibility index (Phi) is 9.48. The van der Waals surface area contributed by atoms with E-state index in [0.29, 0.717) is 36.3 Å². The van der Waals surface area contributed by atoms with Crippen LogP contribution in [0, 0.1) is 17.8 Å². The molecule has 2 heterocycles. The van der Waals surface area contributed by atoms with E-state index >= 15 is 0 Å². The maximum absolute atomic E-state index is 13.9. The van der Waals surface area contributed by atoms with Crippen LogP contribution in [0.3, 0.4) is 0 Å². The SMILES string of the molecule is CCC/C(=C\c1cccc(O)c1)CC[C@H]1OB(O)C[C@H]2C1=C(CC)C[C@H]1C(=O)N(c3cc(C(F)(F)F)cc(C(F)(F)F)c3)C(=O)[C@H]12. The van der Waals surface area contributed by atoms with Gasteiger partial charge in [-0.25, -0.2) is 4.90 Å². The van der Waals surface area contributed by atoms with Crippen LogP contribution in [0.2, 0.25) is 6.32 Å². The molecule has 5 rings (SSSR count). The van der Waals surface area contributed by atoms with E-state index < -0.39 is 72.0 Å². The van der Waals surface area contributed by atoms with Crippen molar-refractivity contribution in [3.8, 4) is 5.75 Å². The molecule has 2 saturated heterocycles. The third-order valence-corrected chi connectivity index (χ3v) is 9.11. The van der Waals surface area contributed by atoms with Gasteiger partial charge in [-0.15, -0.1) is 0 Å². The summed E-state index contributed by atoms with van der Waals surface area (Å²) in [5.41, 5.74) is -0.530. The maximum Gasteiger partial charge on any atom is 0.455 e. The molecule has 13 heteroatoms. The molecule has 4 atom stereocenters. The number of benzene rings is 2. The minimum absolute atomic E-state index is 0.0410. The molecule has 2 N–H and O–H groups in total. The molecule has 0 unspecified atom stereocenters. The van der Waals surface area contributed by atoms with Gasteiger partial charge in [0.1, 0.15) is 5.75 Å². The number of rotatable bonds is 8. The Balaban J connectivity index is 1.47. The van der Waals surface area contributed by atoms with Gasteiger partial charge in [-0.1, -0.05) is 49.6 Å². The van der Waals surface area contributed by atoms with Crippen LogP contribution in [-0.4, -0.2) is 35.2 Å². The van der Waals surface area contributed by atoms with E-state index in [2.05, 4.69) is 0 Å². The zero-order chi connectivity index (χ0) is 33.6. The van der Waals surface area contributed by atoms with Gasteiger partial charge >= 0.3 is 19.5 Å². The predicted molar refractivity (Wildman–Crippen MR) is 159 cm³/mol. The average molecular weight is 649 g/mol. The lowest BCUT2D eigenvalue weighted by molar-refractivity contribution is -0.143. The summed E-state index contributed by atoms with van der Waals surface area (Å²) in [5, 5.41) is 20.6. The number of phenols is 1. The molecule has 0 bridgehead atoms. The van der Waals surface area contributed by atoms with E-state index in [1.54, 1.807) is 18.2 Å². The Labute approximate surface area is 262 Å². The van der Waals surface area contributed by atoms with Gasteiger partial charge in [0.25, 0.3) is 0 Å². The smallest absolute Gasteiger partial charge is 0.455 e. The van der Waals surface area contributed by atoms with Gasteiger partial charge in [0.05, 0.1) is 34.8 Å². The van der Waals surface area contributed by atoms with Crippen molar-refractivity contribution in [3.63, 3.8) is 0 Å². The van der Waals surface area contributed by atoms with Crippen molar-refractivity contribution in [1.82, 2.24) is 0 Å². The molecule has 2 aromatic rings. The van der Waals surface area contributed by atoms with Crippen LogP contribution in [0.5, 0.6) is 5.75 Å². The number of aromatic hydroxyl groups is 1. The van der Waals surface area contributed by atoms with E-state index in [-0.39, 0.29) is 24.6 Å². The second kappa shape index (κ2) is 12.9. The van der Waals surface area contributed by atoms with Crippen molar-refractivity contribution in [2.75, 3.05) is 4.90 Å². The fourth-order valence-electron chi connectivity index (χ4n) is 7.18. The van der Waals surface area contributed by atoms with E-state index in [9.17, 15) is 46.1 Å². The molecule has 0 aromatic heterocycles. The number of alkyl halides is 6. The van der Waals surface area contributed by atoms with Gasteiger partial charge in [0.15, 0.2) is 0 Å². The Morgan fingerprint density at radius 1 is 0.978 bits per heavy atom. The third-order valence-electron chi connectivity index (χ3n) is 9.11. The molecule has 2 amide bonds. The van der Waals surface area contributed by atoms with Crippen molar-refractivity contribution in [3.05, 3.63) is 75.9 Å². The zero-order valence-corrected chi connectivity index (χ0v) is 25.3. The summed E-state index contributed by atoms with van der Waals surface area (Å²) in [6.07, 6.45) is -5.78. The predicted octanol–water partition coefficient (Wildman–Crippen LogP) is 7.81. The number of allylic oxidation sites excluding steroid dienone is 2. The van der Waals surface area contributed by atoms with Gasteiger partial charge in [0, 0.05) is 0 Å². The van der Waals surface area contributed by atoms with Gasteiger partial charge in [-0.3, -0.25) is 9.59 Å². The first-order valence-electron chi connectivity index (χ1n) is 15.3. The standard InChI is InChI=1S/C33H34BF6NO5/c1-3-6-18(11-19-7-5-8-24(42)12-19)9-10-27-28-20(4-2)13-25-29(26(28)17-34(45)46-27)31(44)41(30(25)43)23-15-21(32(35,36)37)14-22(16-23)33(38,39)40/h5,7-8,11-12,14-16,25-27,29,42,45H,3-4,6,9-10,13,17H2,1-2H3/b18-11+/t25-,26+,27-,29-/m1/s1. The van der Waals surface area contributed by atoms with Crippen LogP contribution >= 0.6 is 0 Å². The van der Waals surface area contributed by atoms with Crippen molar-refractivity contribution >= 4 is 30.7 Å². The number of carbonyl (C=O) groups excluding carboxylic acids is 2. The lowest BCUT2D eigenvalue weighted by atomic mass is 9.58. The summed E-state index contributed by atoms with van der Waals surface area (Å²) >= 11 is 0. The highest BCUT2D eigenvalue weighted by molar-refractivity contribution is 6.43. The van der Waals surface area contributed by atoms with E-state index in [1.165, 1.54) is 0 Å². The monoisotopic (exact) mass is 649 g/mol. The number of halogens is 6. The van der Waals surface area contributed by atoms with Crippen molar-refractivity contribution in [2.24, 2.45) is 17.8 Å². The van der Waals surface area contributed by atoms with E-state index in [4.69, 9.17) is 4.65 Å². The molecule has 46 heavy (non-hydrogen) atoms. The van der Waals surface area contributed by atoms with E-state index in [0.717, 1.165) is 35.1 Å². The number of carbonyl (C=O) groups is 2. The molecule has 246 valence electrons. The molecular formula is C33H34BF6NO5. The molecule has 6 nitrogen and oxygen atoms in total. The molecule has 0 radical (unpaired) electrons. The zero-order valence-electron chi connectivity index (χ0n) is 25.3. The first-order valence-corrected chi connectivity index (χ1v) is 15.3. The Hall–Kier alpha value is -3.58. The largest absolute Gasteiger partial charge is 0.508 e. The molecule has 0 spiro atoms. The topological polar surface area (TPSA) is 87.1 Å². The van der Waals surface area contributed by atoms with Gasteiger partial charge < -0.3 is 14.8 Å². The first-order chi connectivity index (χ1) is 21.6. The number of nitrogens with zero attached hydrogens (tertiary/aromatic N) is 1. The molecule has 2 aromatic carbocycles. The number of amides is 2. The minimum Gasteiger partial charge on any atom is -0.508 e. The lowest BCUT2D eigenvalue weighted by Crippen LogP contribution is -2.46. The van der Waals surface area contributed by atoms with Crippen LogP contribution in [0.15, 0.2) is 59.2 Å². The van der Waals surface area contributed by atoms with Gasteiger partial charge in [-0.05, 0) is 85.8 Å². The lowest BCUT2D eigenvalue weighted by Gasteiger charge is -2.43. The minimum atomic E-state index is -5.15. The molecule has 2 aliphatic heterocycles. The summed E-state index contributed by atoms with van der Waals surface area (Å²) in [4.78, 5) is 28.0. The highest BCUT2D eigenvalue weighted by atomic mass is 19.4. The molecular weight excluding hydrogens is 615 g/mol.